The molecule has 1 aliphatic rings. The second-order valence-electron chi connectivity index (χ2n) is 5.37. The molecule has 0 amide bonds. The first-order valence-corrected chi connectivity index (χ1v) is 7.94. The number of nitrogens with one attached hydrogen (secondary N) is 1. The molecule has 1 fully saturated rings. The molecule has 21 heavy (non-hydrogen) atoms. The van der Waals surface area contributed by atoms with Crippen LogP contribution in [-0.4, -0.2) is 32.0 Å². The van der Waals surface area contributed by atoms with Crippen LogP contribution in [0.2, 0.25) is 0 Å². The lowest BCUT2D eigenvalue weighted by Crippen LogP contribution is -2.39. The van der Waals surface area contributed by atoms with Crippen LogP contribution in [0.5, 0.6) is 0 Å². The van der Waals surface area contributed by atoms with E-state index in [0.29, 0.717) is 24.8 Å². The summed E-state index contributed by atoms with van der Waals surface area (Å²) in [4.78, 5) is 33.0. The lowest BCUT2D eigenvalue weighted by Gasteiger charge is -2.20. The molecule has 1 aliphatic carbocycles. The van der Waals surface area contributed by atoms with Gasteiger partial charge in [0.05, 0.1) is 6.54 Å². The summed E-state index contributed by atoms with van der Waals surface area (Å²) in [5.74, 6) is 0. The lowest BCUT2D eigenvalue weighted by molar-refractivity contribution is 0.241. The maximum absolute atomic E-state index is 11.9. The molecule has 112 valence electrons. The Morgan fingerprint density at radius 2 is 2.29 bits per heavy atom. The van der Waals surface area contributed by atoms with Gasteiger partial charge in [0.1, 0.15) is 5.01 Å². The van der Waals surface area contributed by atoms with Crippen molar-refractivity contribution in [1.29, 1.82) is 0 Å². The van der Waals surface area contributed by atoms with Crippen molar-refractivity contribution in [2.45, 2.75) is 38.9 Å². The SMILES string of the molecule is Cc1cc(=O)n(CCN(Cc2nccs2)C2CC2)c(=O)[nH]1. The van der Waals surface area contributed by atoms with E-state index in [-0.39, 0.29) is 11.2 Å². The Bertz CT molecular complexity index is 684. The summed E-state index contributed by atoms with van der Waals surface area (Å²) >= 11 is 1.64. The average Bonchev–Trinajstić information content (AvgIpc) is 3.14. The summed E-state index contributed by atoms with van der Waals surface area (Å²) in [7, 11) is 0. The molecular weight excluding hydrogens is 288 g/mol. The molecule has 0 spiro atoms. The molecule has 7 heteroatoms. The van der Waals surface area contributed by atoms with Gasteiger partial charge in [-0.15, -0.1) is 11.3 Å². The molecule has 0 unspecified atom stereocenters. The number of hydrogen-bond acceptors (Lipinski definition) is 5. The highest BCUT2D eigenvalue weighted by Crippen LogP contribution is 2.28. The molecule has 0 bridgehead atoms. The third kappa shape index (κ3) is 3.48. The zero-order valence-electron chi connectivity index (χ0n) is 11.9. The van der Waals surface area contributed by atoms with Crippen LogP contribution in [0, 0.1) is 6.92 Å². The Morgan fingerprint density at radius 1 is 1.48 bits per heavy atom. The molecule has 0 radical (unpaired) electrons. The summed E-state index contributed by atoms with van der Waals surface area (Å²) in [6.45, 7) is 3.61. The third-order valence-corrected chi connectivity index (χ3v) is 4.42. The number of aryl methyl sites for hydroxylation is 1. The van der Waals surface area contributed by atoms with Gasteiger partial charge in [-0.25, -0.2) is 9.78 Å². The van der Waals surface area contributed by atoms with Crippen LogP contribution in [0.3, 0.4) is 0 Å². The maximum atomic E-state index is 11.9. The summed E-state index contributed by atoms with van der Waals surface area (Å²) in [5.41, 5.74) is 0.0364. The standard InChI is InChI=1S/C14H18N4O2S/c1-10-8-13(19)18(14(20)16-10)6-5-17(11-2-3-11)9-12-15-4-7-21-12/h4,7-8,11H,2-3,5-6,9H2,1H3,(H,16,20). The number of aromatic amines is 1. The Labute approximate surface area is 126 Å². The van der Waals surface area contributed by atoms with Crippen LogP contribution in [-0.2, 0) is 13.1 Å². The van der Waals surface area contributed by atoms with Crippen LogP contribution in [0.15, 0.2) is 27.2 Å². The van der Waals surface area contributed by atoms with E-state index in [1.54, 1.807) is 24.5 Å². The molecule has 2 aromatic heterocycles. The summed E-state index contributed by atoms with van der Waals surface area (Å²) in [6, 6.07) is 2.03. The van der Waals surface area contributed by atoms with Gasteiger partial charge in [0.25, 0.3) is 5.56 Å². The van der Waals surface area contributed by atoms with Crippen molar-refractivity contribution in [2.24, 2.45) is 0 Å². The van der Waals surface area contributed by atoms with Gasteiger partial charge in [0, 0.05) is 42.5 Å². The van der Waals surface area contributed by atoms with Crippen molar-refractivity contribution >= 4 is 11.3 Å². The zero-order chi connectivity index (χ0) is 14.8. The Hall–Kier alpha value is -1.73. The Balaban J connectivity index is 1.70. The van der Waals surface area contributed by atoms with Gasteiger partial charge in [-0.05, 0) is 19.8 Å². The second-order valence-corrected chi connectivity index (χ2v) is 6.35. The molecular formula is C14H18N4O2S. The zero-order valence-corrected chi connectivity index (χ0v) is 12.7. The predicted molar refractivity (Wildman–Crippen MR) is 81.6 cm³/mol. The number of rotatable bonds is 6. The molecule has 2 aromatic rings. The van der Waals surface area contributed by atoms with Crippen LogP contribution in [0.1, 0.15) is 23.5 Å². The molecule has 0 aromatic carbocycles. The van der Waals surface area contributed by atoms with E-state index >= 15 is 0 Å². The summed E-state index contributed by atoms with van der Waals surface area (Å²) < 4.78 is 1.27. The normalized spacial score (nSPS) is 14.8. The summed E-state index contributed by atoms with van der Waals surface area (Å²) in [6.07, 6.45) is 4.18. The Kier molecular flexibility index (Phi) is 4.03. The van der Waals surface area contributed by atoms with Crippen LogP contribution < -0.4 is 11.2 Å². The minimum Gasteiger partial charge on any atom is -0.311 e. The predicted octanol–water partition coefficient (Wildman–Crippen LogP) is 0.966. The molecule has 1 N–H and O–H groups in total. The van der Waals surface area contributed by atoms with Crippen LogP contribution in [0.25, 0.3) is 0 Å². The number of nitrogens with zero attached hydrogens (tertiary/aromatic N) is 3. The topological polar surface area (TPSA) is 71.0 Å². The van der Waals surface area contributed by atoms with Crippen molar-refractivity contribution in [1.82, 2.24) is 19.4 Å². The highest BCUT2D eigenvalue weighted by molar-refractivity contribution is 7.09. The monoisotopic (exact) mass is 306 g/mol. The largest absolute Gasteiger partial charge is 0.328 e. The van der Waals surface area contributed by atoms with Gasteiger partial charge in [-0.1, -0.05) is 0 Å². The number of thiazole rings is 1. The fourth-order valence-corrected chi connectivity index (χ4v) is 3.05. The molecule has 2 heterocycles. The highest BCUT2D eigenvalue weighted by Gasteiger charge is 2.29. The van der Waals surface area contributed by atoms with Gasteiger partial charge >= 0.3 is 5.69 Å². The molecule has 0 saturated heterocycles. The molecule has 3 rings (SSSR count). The first-order valence-electron chi connectivity index (χ1n) is 7.06. The lowest BCUT2D eigenvalue weighted by atomic mass is 10.4. The average molecular weight is 306 g/mol. The van der Waals surface area contributed by atoms with Gasteiger partial charge < -0.3 is 4.98 Å². The second kappa shape index (κ2) is 5.95. The van der Waals surface area contributed by atoms with Crippen LogP contribution >= 0.6 is 11.3 Å². The fraction of sp³-hybridized carbons (Fsp3) is 0.500. The fourth-order valence-electron chi connectivity index (χ4n) is 2.41. The van der Waals surface area contributed by atoms with E-state index in [2.05, 4.69) is 14.9 Å². The van der Waals surface area contributed by atoms with E-state index < -0.39 is 0 Å². The van der Waals surface area contributed by atoms with Gasteiger partial charge in [-0.2, -0.15) is 0 Å². The van der Waals surface area contributed by atoms with Gasteiger partial charge in [0.15, 0.2) is 0 Å². The first-order chi connectivity index (χ1) is 10.1. The molecule has 0 atom stereocenters. The highest BCUT2D eigenvalue weighted by atomic mass is 32.1. The van der Waals surface area contributed by atoms with Crippen molar-refractivity contribution in [2.75, 3.05) is 6.54 Å². The first kappa shape index (κ1) is 14.2. The maximum Gasteiger partial charge on any atom is 0.328 e. The number of H-pyrrole nitrogens is 1. The number of hydrogen-bond donors (Lipinski definition) is 1. The third-order valence-electron chi connectivity index (χ3n) is 3.65. The molecule has 1 saturated carbocycles. The minimum absolute atomic E-state index is 0.235. The quantitative estimate of drug-likeness (QED) is 0.863. The van der Waals surface area contributed by atoms with E-state index in [9.17, 15) is 9.59 Å². The molecule has 0 aliphatic heterocycles. The number of aromatic nitrogens is 3. The van der Waals surface area contributed by atoms with E-state index in [4.69, 9.17) is 0 Å². The van der Waals surface area contributed by atoms with Crippen molar-refractivity contribution in [3.05, 3.63) is 49.2 Å². The van der Waals surface area contributed by atoms with Crippen molar-refractivity contribution in [3.63, 3.8) is 0 Å². The van der Waals surface area contributed by atoms with Gasteiger partial charge in [-0.3, -0.25) is 14.3 Å². The molecule has 6 nitrogen and oxygen atoms in total. The minimum atomic E-state index is -0.329. The van der Waals surface area contributed by atoms with E-state index in [0.717, 1.165) is 11.6 Å². The van der Waals surface area contributed by atoms with Crippen molar-refractivity contribution in [3.8, 4) is 0 Å². The van der Waals surface area contributed by atoms with Gasteiger partial charge in [0.2, 0.25) is 0 Å². The Morgan fingerprint density at radius 3 is 2.90 bits per heavy atom. The van der Waals surface area contributed by atoms with Crippen molar-refractivity contribution < 1.29 is 0 Å². The van der Waals surface area contributed by atoms with Crippen LogP contribution in [0.4, 0.5) is 0 Å². The smallest absolute Gasteiger partial charge is 0.311 e. The van der Waals surface area contributed by atoms with E-state index in [1.165, 1.54) is 23.5 Å². The van der Waals surface area contributed by atoms with E-state index in [1.807, 2.05) is 5.38 Å². The summed E-state index contributed by atoms with van der Waals surface area (Å²) in [5, 5.41) is 3.04.